The molecule has 8 nitrogen and oxygen atoms in total. The Bertz CT molecular complexity index is 1040. The molecule has 26 heavy (non-hydrogen) atoms. The van der Waals surface area contributed by atoms with Crippen LogP contribution in [0.5, 0.6) is 0 Å². The monoisotopic (exact) mass is 348 g/mol. The lowest BCUT2D eigenvalue weighted by molar-refractivity contribution is -0.384. The highest BCUT2D eigenvalue weighted by Gasteiger charge is 2.19. The Morgan fingerprint density at radius 3 is 1.42 bits per heavy atom. The minimum absolute atomic E-state index is 0.00956. The summed E-state index contributed by atoms with van der Waals surface area (Å²) in [6.07, 6.45) is 0. The van der Waals surface area contributed by atoms with Gasteiger partial charge in [0.2, 0.25) is 0 Å². The van der Waals surface area contributed by atoms with Gasteiger partial charge in [0.25, 0.3) is 11.4 Å². The number of nitro benzene ring substituents is 2. The molecule has 0 aliphatic heterocycles. The number of nitro groups is 2. The highest BCUT2D eigenvalue weighted by molar-refractivity contribution is 5.90. The lowest BCUT2D eigenvalue weighted by atomic mass is 10.1. The molecule has 8 heteroatoms. The van der Waals surface area contributed by atoms with Gasteiger partial charge in [0.1, 0.15) is 0 Å². The second-order valence-electron chi connectivity index (χ2n) is 5.74. The lowest BCUT2D eigenvalue weighted by Gasteiger charge is -2.01. The maximum atomic E-state index is 11.2. The van der Waals surface area contributed by atoms with Crippen LogP contribution in [0.2, 0.25) is 0 Å². The number of nitrogens with one attached hydrogen (secondary N) is 2. The van der Waals surface area contributed by atoms with Gasteiger partial charge in [-0.2, -0.15) is 0 Å². The summed E-state index contributed by atoms with van der Waals surface area (Å²) < 4.78 is 0. The Morgan fingerprint density at radius 1 is 0.654 bits per heavy atom. The topological polar surface area (TPSA) is 118 Å². The normalized spacial score (nSPS) is 10.9. The summed E-state index contributed by atoms with van der Waals surface area (Å²) in [5, 5.41) is 22.4. The second-order valence-corrected chi connectivity index (χ2v) is 5.74. The number of benzene rings is 2. The van der Waals surface area contributed by atoms with Crippen molar-refractivity contribution >= 4 is 22.4 Å². The van der Waals surface area contributed by atoms with Gasteiger partial charge in [-0.25, -0.2) is 0 Å². The number of fused-ring (bicyclic) bond motifs is 1. The van der Waals surface area contributed by atoms with E-state index >= 15 is 0 Å². The molecule has 2 aromatic carbocycles. The highest BCUT2D eigenvalue weighted by atomic mass is 16.6. The van der Waals surface area contributed by atoms with Crippen molar-refractivity contribution in [3.8, 4) is 22.5 Å². The Labute approximate surface area is 146 Å². The predicted octanol–water partition coefficient (Wildman–Crippen LogP) is 4.65. The molecular formula is C18H12N4O4. The molecule has 0 aliphatic carbocycles. The SMILES string of the molecule is O=[N+]([O-])c1ccccc1-c1cc2[nH]c(-c3ccccc3[N+](=O)[O-])cc2[nH]1. The van der Waals surface area contributed by atoms with E-state index in [0.717, 1.165) is 0 Å². The molecule has 0 atom stereocenters. The summed E-state index contributed by atoms with van der Waals surface area (Å²) in [6.45, 7) is 0. The van der Waals surface area contributed by atoms with Crippen LogP contribution in [-0.2, 0) is 0 Å². The standard InChI is InChI=1S/C18H12N4O4/c23-21(24)17-7-3-1-5-11(17)13-9-15-16(19-13)10-14(20-15)12-6-2-4-8-18(12)22(25)26/h1-10,19-20H. The quantitative estimate of drug-likeness (QED) is 0.412. The summed E-state index contributed by atoms with van der Waals surface area (Å²) in [7, 11) is 0. The van der Waals surface area contributed by atoms with Gasteiger partial charge in [0.05, 0.1) is 43.4 Å². The van der Waals surface area contributed by atoms with Crippen molar-refractivity contribution in [3.63, 3.8) is 0 Å². The van der Waals surface area contributed by atoms with E-state index in [1.807, 2.05) is 0 Å². The van der Waals surface area contributed by atoms with Gasteiger partial charge >= 0.3 is 0 Å². The van der Waals surface area contributed by atoms with Crippen LogP contribution in [0, 0.1) is 20.2 Å². The van der Waals surface area contributed by atoms with Gasteiger partial charge < -0.3 is 9.97 Å². The van der Waals surface area contributed by atoms with Crippen molar-refractivity contribution < 1.29 is 9.85 Å². The molecule has 4 rings (SSSR count). The average molecular weight is 348 g/mol. The molecule has 4 aromatic rings. The molecule has 2 N–H and O–H groups in total. The van der Waals surface area contributed by atoms with Crippen LogP contribution in [0.3, 0.4) is 0 Å². The molecule has 2 aromatic heterocycles. The number of H-pyrrole nitrogens is 2. The summed E-state index contributed by atoms with van der Waals surface area (Å²) in [5.41, 5.74) is 3.62. The van der Waals surface area contributed by atoms with Crippen LogP contribution in [-0.4, -0.2) is 19.8 Å². The first-order valence-corrected chi connectivity index (χ1v) is 7.74. The van der Waals surface area contributed by atoms with Crippen molar-refractivity contribution in [1.29, 1.82) is 0 Å². The maximum absolute atomic E-state index is 11.2. The van der Waals surface area contributed by atoms with Crippen molar-refractivity contribution in [2.75, 3.05) is 0 Å². The van der Waals surface area contributed by atoms with Gasteiger partial charge in [0, 0.05) is 12.1 Å². The summed E-state index contributed by atoms with van der Waals surface area (Å²) in [6, 6.07) is 16.5. The number of rotatable bonds is 4. The van der Waals surface area contributed by atoms with Crippen LogP contribution in [0.25, 0.3) is 33.5 Å². The molecule has 0 saturated heterocycles. The smallest absolute Gasteiger partial charge is 0.278 e. The number of aromatic amines is 2. The molecular weight excluding hydrogens is 336 g/mol. The molecule has 0 spiro atoms. The van der Waals surface area contributed by atoms with E-state index in [-0.39, 0.29) is 11.4 Å². The minimum Gasteiger partial charge on any atom is -0.353 e. The first kappa shape index (κ1) is 15.6. The van der Waals surface area contributed by atoms with E-state index in [4.69, 9.17) is 0 Å². The molecule has 0 amide bonds. The zero-order valence-electron chi connectivity index (χ0n) is 13.3. The molecule has 0 aliphatic rings. The molecule has 0 fully saturated rings. The first-order valence-electron chi connectivity index (χ1n) is 7.74. The van der Waals surface area contributed by atoms with Gasteiger partial charge in [0.15, 0.2) is 0 Å². The first-order chi connectivity index (χ1) is 12.5. The fourth-order valence-electron chi connectivity index (χ4n) is 3.02. The van der Waals surface area contributed by atoms with Gasteiger partial charge in [-0.15, -0.1) is 0 Å². The summed E-state index contributed by atoms with van der Waals surface area (Å²) in [4.78, 5) is 27.8. The molecule has 0 saturated carbocycles. The van der Waals surface area contributed by atoms with Crippen molar-refractivity contribution in [2.24, 2.45) is 0 Å². The van der Waals surface area contributed by atoms with Crippen LogP contribution in [0.1, 0.15) is 0 Å². The fraction of sp³-hybridized carbons (Fsp3) is 0. The number of aromatic nitrogens is 2. The number of nitrogens with zero attached hydrogens (tertiary/aromatic N) is 2. The van der Waals surface area contributed by atoms with E-state index < -0.39 is 9.85 Å². The summed E-state index contributed by atoms with van der Waals surface area (Å²) >= 11 is 0. The molecule has 0 radical (unpaired) electrons. The van der Waals surface area contributed by atoms with Crippen LogP contribution in [0.4, 0.5) is 11.4 Å². The Balaban J connectivity index is 1.81. The van der Waals surface area contributed by atoms with E-state index in [1.165, 1.54) is 12.1 Å². The van der Waals surface area contributed by atoms with E-state index in [1.54, 1.807) is 48.5 Å². The molecule has 2 heterocycles. The van der Waals surface area contributed by atoms with E-state index in [0.29, 0.717) is 33.5 Å². The average Bonchev–Trinajstić information content (AvgIpc) is 3.20. The van der Waals surface area contributed by atoms with Crippen molar-refractivity contribution in [2.45, 2.75) is 0 Å². The third-order valence-electron chi connectivity index (χ3n) is 4.19. The second kappa shape index (κ2) is 5.85. The predicted molar refractivity (Wildman–Crippen MR) is 96.8 cm³/mol. The molecule has 0 bridgehead atoms. The summed E-state index contributed by atoms with van der Waals surface area (Å²) in [5.74, 6) is 0. The number of hydrogen-bond donors (Lipinski definition) is 2. The third kappa shape index (κ3) is 2.49. The Hall–Kier alpha value is -3.94. The third-order valence-corrected chi connectivity index (χ3v) is 4.19. The van der Waals surface area contributed by atoms with E-state index in [9.17, 15) is 20.2 Å². The zero-order chi connectivity index (χ0) is 18.3. The fourth-order valence-corrected chi connectivity index (χ4v) is 3.02. The van der Waals surface area contributed by atoms with Crippen LogP contribution >= 0.6 is 0 Å². The molecule has 128 valence electrons. The number of hydrogen-bond acceptors (Lipinski definition) is 4. The minimum atomic E-state index is -0.427. The lowest BCUT2D eigenvalue weighted by Crippen LogP contribution is -1.92. The maximum Gasteiger partial charge on any atom is 0.278 e. The van der Waals surface area contributed by atoms with Crippen LogP contribution < -0.4 is 0 Å². The Morgan fingerprint density at radius 2 is 1.04 bits per heavy atom. The largest absolute Gasteiger partial charge is 0.353 e. The van der Waals surface area contributed by atoms with Crippen molar-refractivity contribution in [3.05, 3.63) is 80.9 Å². The Kier molecular flexibility index (Phi) is 3.51. The van der Waals surface area contributed by atoms with Gasteiger partial charge in [-0.1, -0.05) is 24.3 Å². The van der Waals surface area contributed by atoms with Gasteiger partial charge in [-0.3, -0.25) is 20.2 Å². The zero-order valence-corrected chi connectivity index (χ0v) is 13.3. The molecule has 0 unspecified atom stereocenters. The van der Waals surface area contributed by atoms with Crippen molar-refractivity contribution in [1.82, 2.24) is 9.97 Å². The van der Waals surface area contributed by atoms with E-state index in [2.05, 4.69) is 9.97 Å². The number of para-hydroxylation sites is 2. The van der Waals surface area contributed by atoms with Crippen LogP contribution in [0.15, 0.2) is 60.7 Å². The van der Waals surface area contributed by atoms with Gasteiger partial charge in [-0.05, 0) is 24.3 Å². The highest BCUT2D eigenvalue weighted by Crippen LogP contribution is 2.35.